The predicted molar refractivity (Wildman–Crippen MR) is 54.3 cm³/mol. The van der Waals surface area contributed by atoms with Crippen molar-refractivity contribution >= 4 is 11.7 Å². The number of carbonyl (C=O) groups excluding carboxylic acids is 1. The molecule has 1 amide bonds. The van der Waals surface area contributed by atoms with E-state index in [0.29, 0.717) is 5.82 Å². The number of alkyl halides is 3. The molecule has 0 aromatic carbocycles. The summed E-state index contributed by atoms with van der Waals surface area (Å²) in [6, 6.07) is 2.78. The molecule has 1 aromatic rings. The minimum atomic E-state index is -4.15. The van der Waals surface area contributed by atoms with Gasteiger partial charge in [-0.2, -0.15) is 13.2 Å². The maximum atomic E-state index is 11.8. The van der Waals surface area contributed by atoms with Crippen molar-refractivity contribution in [1.82, 2.24) is 10.2 Å². The van der Waals surface area contributed by atoms with Gasteiger partial charge < -0.3 is 11.1 Å². The van der Waals surface area contributed by atoms with Crippen molar-refractivity contribution in [2.75, 3.05) is 11.9 Å². The molecule has 0 atom stereocenters. The van der Waals surface area contributed by atoms with Crippen molar-refractivity contribution in [3.05, 3.63) is 17.8 Å². The fourth-order valence-electron chi connectivity index (χ4n) is 1.06. The van der Waals surface area contributed by atoms with E-state index in [1.54, 1.807) is 0 Å². The summed E-state index contributed by atoms with van der Waals surface area (Å²) >= 11 is 0. The second kappa shape index (κ2) is 5.46. The SMILES string of the molecule is NC(=O)c1ccc(NCCCC(F)(F)F)nn1. The lowest BCUT2D eigenvalue weighted by Crippen LogP contribution is -2.15. The van der Waals surface area contributed by atoms with Crippen LogP contribution < -0.4 is 11.1 Å². The summed E-state index contributed by atoms with van der Waals surface area (Å²) in [5.41, 5.74) is 4.95. The van der Waals surface area contributed by atoms with Crippen LogP contribution in [0.4, 0.5) is 19.0 Å². The molecule has 0 radical (unpaired) electrons. The Balaban J connectivity index is 2.35. The second-order valence-electron chi connectivity index (χ2n) is 3.31. The van der Waals surface area contributed by atoms with E-state index in [1.807, 2.05) is 0 Å². The van der Waals surface area contributed by atoms with Crippen molar-refractivity contribution in [3.63, 3.8) is 0 Å². The molecule has 0 unspecified atom stereocenters. The van der Waals surface area contributed by atoms with Gasteiger partial charge in [-0.25, -0.2) is 0 Å². The molecule has 0 aliphatic rings. The maximum Gasteiger partial charge on any atom is 0.389 e. The Morgan fingerprint density at radius 3 is 2.53 bits per heavy atom. The van der Waals surface area contributed by atoms with Crippen LogP contribution in [0.5, 0.6) is 0 Å². The molecule has 0 saturated carbocycles. The van der Waals surface area contributed by atoms with E-state index < -0.39 is 18.5 Å². The topological polar surface area (TPSA) is 80.9 Å². The summed E-state index contributed by atoms with van der Waals surface area (Å²) in [5.74, 6) is -0.404. The van der Waals surface area contributed by atoms with Gasteiger partial charge in [-0.15, -0.1) is 10.2 Å². The number of halogens is 3. The lowest BCUT2D eigenvalue weighted by molar-refractivity contribution is -0.134. The van der Waals surface area contributed by atoms with Crippen molar-refractivity contribution in [1.29, 1.82) is 0 Å². The summed E-state index contributed by atoms with van der Waals surface area (Å²) in [7, 11) is 0. The smallest absolute Gasteiger partial charge is 0.369 e. The zero-order valence-corrected chi connectivity index (χ0v) is 8.79. The molecule has 0 fully saturated rings. The number of anilines is 1. The molecule has 0 aliphatic heterocycles. The van der Waals surface area contributed by atoms with Crippen LogP contribution in [0.1, 0.15) is 23.3 Å². The maximum absolute atomic E-state index is 11.8. The Morgan fingerprint density at radius 1 is 1.35 bits per heavy atom. The molecule has 17 heavy (non-hydrogen) atoms. The van der Waals surface area contributed by atoms with Gasteiger partial charge in [-0.3, -0.25) is 4.79 Å². The van der Waals surface area contributed by atoms with E-state index in [-0.39, 0.29) is 18.7 Å². The van der Waals surface area contributed by atoms with E-state index in [2.05, 4.69) is 15.5 Å². The fraction of sp³-hybridized carbons (Fsp3) is 0.444. The van der Waals surface area contributed by atoms with E-state index in [0.717, 1.165) is 0 Å². The molecule has 0 aliphatic carbocycles. The number of carbonyl (C=O) groups is 1. The van der Waals surface area contributed by atoms with E-state index in [9.17, 15) is 18.0 Å². The van der Waals surface area contributed by atoms with Gasteiger partial charge in [-0.05, 0) is 18.6 Å². The highest BCUT2D eigenvalue weighted by molar-refractivity contribution is 5.90. The van der Waals surface area contributed by atoms with Gasteiger partial charge in [0.1, 0.15) is 5.82 Å². The minimum Gasteiger partial charge on any atom is -0.369 e. The average molecular weight is 248 g/mol. The van der Waals surface area contributed by atoms with Crippen LogP contribution in [0.2, 0.25) is 0 Å². The Labute approximate surface area is 95.2 Å². The van der Waals surface area contributed by atoms with Gasteiger partial charge in [-0.1, -0.05) is 0 Å². The Morgan fingerprint density at radius 2 is 2.06 bits per heavy atom. The van der Waals surface area contributed by atoms with Crippen molar-refractivity contribution in [2.45, 2.75) is 19.0 Å². The number of rotatable bonds is 5. The molecule has 1 rings (SSSR count). The normalized spacial score (nSPS) is 11.2. The minimum absolute atomic E-state index is 0.00541. The number of nitrogens with one attached hydrogen (secondary N) is 1. The molecule has 0 bridgehead atoms. The van der Waals surface area contributed by atoms with Gasteiger partial charge in [0.15, 0.2) is 5.69 Å². The lowest BCUT2D eigenvalue weighted by Gasteiger charge is -2.07. The van der Waals surface area contributed by atoms with Crippen LogP contribution in [0, 0.1) is 0 Å². The third-order valence-corrected chi connectivity index (χ3v) is 1.86. The zero-order valence-electron chi connectivity index (χ0n) is 8.79. The Kier molecular flexibility index (Phi) is 4.24. The number of nitrogens with zero attached hydrogens (tertiary/aromatic N) is 2. The number of aromatic nitrogens is 2. The standard InChI is InChI=1S/C9H11F3N4O/c10-9(11,12)4-1-5-14-7-3-2-6(8(13)17)15-16-7/h2-3H,1,4-5H2,(H2,13,17)(H,14,16). The van der Waals surface area contributed by atoms with Gasteiger partial charge in [0.2, 0.25) is 0 Å². The van der Waals surface area contributed by atoms with E-state index in [1.165, 1.54) is 12.1 Å². The average Bonchev–Trinajstić information content (AvgIpc) is 2.24. The zero-order chi connectivity index (χ0) is 12.9. The fourth-order valence-corrected chi connectivity index (χ4v) is 1.06. The number of hydrogen-bond donors (Lipinski definition) is 2. The van der Waals surface area contributed by atoms with E-state index >= 15 is 0 Å². The summed E-state index contributed by atoms with van der Waals surface area (Å²) in [4.78, 5) is 10.7. The van der Waals surface area contributed by atoms with Gasteiger partial charge >= 0.3 is 6.18 Å². The summed E-state index contributed by atoms with van der Waals surface area (Å²) in [6.07, 6.45) is -5.06. The number of amides is 1. The third-order valence-electron chi connectivity index (χ3n) is 1.86. The highest BCUT2D eigenvalue weighted by atomic mass is 19.4. The van der Waals surface area contributed by atoms with Crippen LogP contribution in [-0.2, 0) is 0 Å². The van der Waals surface area contributed by atoms with Crippen LogP contribution in [0.3, 0.4) is 0 Å². The molecule has 8 heteroatoms. The second-order valence-corrected chi connectivity index (χ2v) is 3.31. The molecule has 5 nitrogen and oxygen atoms in total. The first-order valence-corrected chi connectivity index (χ1v) is 4.82. The first-order chi connectivity index (χ1) is 7.88. The first-order valence-electron chi connectivity index (χ1n) is 4.82. The van der Waals surface area contributed by atoms with Gasteiger partial charge in [0.25, 0.3) is 5.91 Å². The molecular formula is C9H11F3N4O. The van der Waals surface area contributed by atoms with E-state index in [4.69, 9.17) is 5.73 Å². The van der Waals surface area contributed by atoms with Crippen LogP contribution in [-0.4, -0.2) is 28.8 Å². The van der Waals surface area contributed by atoms with Gasteiger partial charge in [0.05, 0.1) is 0 Å². The summed E-state index contributed by atoms with van der Waals surface area (Å²) < 4.78 is 35.4. The quantitative estimate of drug-likeness (QED) is 0.770. The summed E-state index contributed by atoms with van der Waals surface area (Å²) in [6.45, 7) is 0.129. The first kappa shape index (κ1) is 13.2. The van der Waals surface area contributed by atoms with Gasteiger partial charge in [0, 0.05) is 13.0 Å². The van der Waals surface area contributed by atoms with Crippen molar-refractivity contribution < 1.29 is 18.0 Å². The van der Waals surface area contributed by atoms with Crippen molar-refractivity contribution in [3.8, 4) is 0 Å². The number of primary amides is 1. The molecule has 0 saturated heterocycles. The highest BCUT2D eigenvalue weighted by Crippen LogP contribution is 2.20. The lowest BCUT2D eigenvalue weighted by atomic mass is 10.3. The number of hydrogen-bond acceptors (Lipinski definition) is 4. The molecule has 3 N–H and O–H groups in total. The molecule has 1 heterocycles. The highest BCUT2D eigenvalue weighted by Gasteiger charge is 2.25. The Bertz CT molecular complexity index is 377. The number of nitrogens with two attached hydrogens (primary N) is 1. The van der Waals surface area contributed by atoms with Crippen LogP contribution in [0.15, 0.2) is 12.1 Å². The Hall–Kier alpha value is -1.86. The summed E-state index contributed by atoms with van der Waals surface area (Å²) in [5, 5.41) is 9.74. The molecular weight excluding hydrogens is 237 g/mol. The molecule has 94 valence electrons. The monoisotopic (exact) mass is 248 g/mol. The molecule has 1 aromatic heterocycles. The predicted octanol–water partition coefficient (Wildman–Crippen LogP) is 1.33. The molecule has 0 spiro atoms. The van der Waals surface area contributed by atoms with Crippen LogP contribution >= 0.6 is 0 Å². The van der Waals surface area contributed by atoms with Crippen LogP contribution in [0.25, 0.3) is 0 Å². The third kappa shape index (κ3) is 5.14. The largest absolute Gasteiger partial charge is 0.389 e. The van der Waals surface area contributed by atoms with Crippen molar-refractivity contribution in [2.24, 2.45) is 5.73 Å².